The number of aromatic nitrogens is 1. The summed E-state index contributed by atoms with van der Waals surface area (Å²) in [7, 11) is 0. The maximum Gasteiger partial charge on any atom is 0.262 e. The van der Waals surface area contributed by atoms with Gasteiger partial charge in [-0.1, -0.05) is 6.07 Å². The number of hydrogen-bond acceptors (Lipinski definition) is 4. The second kappa shape index (κ2) is 8.82. The SMILES string of the molecule is CCN(CC)C(=O)c1cccc(NC(=O)COc2ccc(C)nc2)c1. The molecule has 1 N–H and O–H groups in total. The van der Waals surface area contributed by atoms with Gasteiger partial charge < -0.3 is 15.0 Å². The molecule has 0 saturated carbocycles. The second-order valence-corrected chi connectivity index (χ2v) is 5.53. The maximum atomic E-state index is 12.4. The fourth-order valence-electron chi connectivity index (χ4n) is 2.31. The number of aryl methyl sites for hydroxylation is 1. The molecule has 6 nitrogen and oxygen atoms in total. The zero-order chi connectivity index (χ0) is 18.2. The van der Waals surface area contributed by atoms with Gasteiger partial charge in [-0.05, 0) is 51.1 Å². The highest BCUT2D eigenvalue weighted by Gasteiger charge is 2.13. The third-order valence-electron chi connectivity index (χ3n) is 3.70. The molecule has 2 rings (SSSR count). The highest BCUT2D eigenvalue weighted by molar-refractivity contribution is 5.97. The van der Waals surface area contributed by atoms with E-state index >= 15 is 0 Å². The lowest BCUT2D eigenvalue weighted by Crippen LogP contribution is -2.30. The van der Waals surface area contributed by atoms with Crippen LogP contribution in [-0.2, 0) is 4.79 Å². The first-order chi connectivity index (χ1) is 12.0. The van der Waals surface area contributed by atoms with E-state index in [9.17, 15) is 9.59 Å². The number of rotatable bonds is 7. The number of amides is 2. The first-order valence-corrected chi connectivity index (χ1v) is 8.28. The Kier molecular flexibility index (Phi) is 6.51. The Morgan fingerprint density at radius 3 is 2.56 bits per heavy atom. The minimum atomic E-state index is -0.298. The molecule has 1 heterocycles. The van der Waals surface area contributed by atoms with Gasteiger partial charge in [0.2, 0.25) is 0 Å². The van der Waals surface area contributed by atoms with Gasteiger partial charge in [-0.25, -0.2) is 0 Å². The number of hydrogen-bond donors (Lipinski definition) is 1. The van der Waals surface area contributed by atoms with E-state index in [1.807, 2.05) is 26.8 Å². The standard InChI is InChI=1S/C19H23N3O3/c1-4-22(5-2)19(24)15-7-6-8-16(11-15)21-18(23)13-25-17-10-9-14(3)20-12-17/h6-12H,4-5,13H2,1-3H3,(H,21,23). The van der Waals surface area contributed by atoms with Gasteiger partial charge in [0, 0.05) is 30.0 Å². The molecule has 1 aromatic heterocycles. The average molecular weight is 341 g/mol. The van der Waals surface area contributed by atoms with Gasteiger partial charge in [-0.3, -0.25) is 14.6 Å². The van der Waals surface area contributed by atoms with Crippen molar-refractivity contribution in [2.75, 3.05) is 25.0 Å². The molecule has 0 atom stereocenters. The molecule has 132 valence electrons. The van der Waals surface area contributed by atoms with Crippen molar-refractivity contribution in [2.24, 2.45) is 0 Å². The van der Waals surface area contributed by atoms with Gasteiger partial charge in [0.1, 0.15) is 5.75 Å². The molecule has 0 aliphatic heterocycles. The molecule has 1 aromatic carbocycles. The van der Waals surface area contributed by atoms with Crippen molar-refractivity contribution in [3.8, 4) is 5.75 Å². The number of ether oxygens (including phenoxy) is 1. The monoisotopic (exact) mass is 341 g/mol. The Bertz CT molecular complexity index is 725. The Morgan fingerprint density at radius 1 is 1.16 bits per heavy atom. The van der Waals surface area contributed by atoms with Crippen molar-refractivity contribution in [3.05, 3.63) is 53.9 Å². The summed E-state index contributed by atoms with van der Waals surface area (Å²) < 4.78 is 5.40. The van der Waals surface area contributed by atoms with Crippen molar-refractivity contribution < 1.29 is 14.3 Å². The molecule has 0 aliphatic rings. The summed E-state index contributed by atoms with van der Waals surface area (Å²) in [5.74, 6) is 0.183. The molecular formula is C19H23N3O3. The van der Waals surface area contributed by atoms with Crippen LogP contribution in [0.4, 0.5) is 5.69 Å². The van der Waals surface area contributed by atoms with Crippen LogP contribution in [0.25, 0.3) is 0 Å². The summed E-state index contributed by atoms with van der Waals surface area (Å²) in [5, 5.41) is 2.74. The van der Waals surface area contributed by atoms with Crippen LogP contribution < -0.4 is 10.1 Å². The first kappa shape index (κ1) is 18.4. The second-order valence-electron chi connectivity index (χ2n) is 5.53. The Labute approximate surface area is 147 Å². The number of nitrogens with one attached hydrogen (secondary N) is 1. The predicted molar refractivity (Wildman–Crippen MR) is 96.8 cm³/mol. The number of anilines is 1. The van der Waals surface area contributed by atoms with Gasteiger partial charge in [0.05, 0.1) is 6.20 Å². The summed E-state index contributed by atoms with van der Waals surface area (Å²) >= 11 is 0. The number of benzene rings is 1. The fourth-order valence-corrected chi connectivity index (χ4v) is 2.31. The summed E-state index contributed by atoms with van der Waals surface area (Å²) in [6.45, 7) is 6.91. The number of nitrogens with zero attached hydrogens (tertiary/aromatic N) is 2. The minimum absolute atomic E-state index is 0.0527. The molecule has 25 heavy (non-hydrogen) atoms. The largest absolute Gasteiger partial charge is 0.482 e. The zero-order valence-corrected chi connectivity index (χ0v) is 14.8. The maximum absolute atomic E-state index is 12.4. The van der Waals surface area contributed by atoms with E-state index in [1.54, 1.807) is 41.4 Å². The van der Waals surface area contributed by atoms with Crippen LogP contribution in [0, 0.1) is 6.92 Å². The van der Waals surface area contributed by atoms with Crippen LogP contribution in [0.3, 0.4) is 0 Å². The lowest BCUT2D eigenvalue weighted by molar-refractivity contribution is -0.118. The quantitative estimate of drug-likeness (QED) is 0.840. The summed E-state index contributed by atoms with van der Waals surface area (Å²) in [5.41, 5.74) is 1.99. The first-order valence-electron chi connectivity index (χ1n) is 8.28. The van der Waals surface area contributed by atoms with Crippen LogP contribution in [-0.4, -0.2) is 41.4 Å². The predicted octanol–water partition coefficient (Wildman–Crippen LogP) is 2.89. The van der Waals surface area contributed by atoms with Crippen LogP contribution >= 0.6 is 0 Å². The molecule has 6 heteroatoms. The third kappa shape index (κ3) is 5.31. The molecule has 0 fully saturated rings. The summed E-state index contributed by atoms with van der Waals surface area (Å²) in [4.78, 5) is 30.2. The Morgan fingerprint density at radius 2 is 1.92 bits per heavy atom. The van der Waals surface area contributed by atoms with Gasteiger partial charge in [0.25, 0.3) is 11.8 Å². The zero-order valence-electron chi connectivity index (χ0n) is 14.8. The van der Waals surface area contributed by atoms with E-state index in [-0.39, 0.29) is 18.4 Å². The molecular weight excluding hydrogens is 318 g/mol. The molecule has 2 aromatic rings. The van der Waals surface area contributed by atoms with E-state index in [1.165, 1.54) is 0 Å². The van der Waals surface area contributed by atoms with Gasteiger partial charge in [0.15, 0.2) is 6.61 Å². The van der Waals surface area contributed by atoms with Crippen molar-refractivity contribution in [3.63, 3.8) is 0 Å². The van der Waals surface area contributed by atoms with Crippen molar-refractivity contribution in [1.29, 1.82) is 0 Å². The Balaban J connectivity index is 1.95. The van der Waals surface area contributed by atoms with Crippen LogP contribution in [0.5, 0.6) is 5.75 Å². The molecule has 0 spiro atoms. The average Bonchev–Trinajstić information content (AvgIpc) is 2.62. The number of carbonyl (C=O) groups excluding carboxylic acids is 2. The van der Waals surface area contributed by atoms with Crippen LogP contribution in [0.15, 0.2) is 42.6 Å². The lowest BCUT2D eigenvalue weighted by atomic mass is 10.1. The lowest BCUT2D eigenvalue weighted by Gasteiger charge is -2.19. The Hall–Kier alpha value is -2.89. The summed E-state index contributed by atoms with van der Waals surface area (Å²) in [6, 6.07) is 10.5. The van der Waals surface area contributed by atoms with Crippen molar-refractivity contribution in [1.82, 2.24) is 9.88 Å². The van der Waals surface area contributed by atoms with Gasteiger partial charge >= 0.3 is 0 Å². The molecule has 0 saturated heterocycles. The van der Waals surface area contributed by atoms with Crippen LogP contribution in [0.1, 0.15) is 29.9 Å². The van der Waals surface area contributed by atoms with E-state index in [2.05, 4.69) is 10.3 Å². The van der Waals surface area contributed by atoms with Gasteiger partial charge in [-0.15, -0.1) is 0 Å². The van der Waals surface area contributed by atoms with E-state index in [0.717, 1.165) is 5.69 Å². The molecule has 2 amide bonds. The van der Waals surface area contributed by atoms with E-state index < -0.39 is 0 Å². The smallest absolute Gasteiger partial charge is 0.262 e. The topological polar surface area (TPSA) is 71.5 Å². The summed E-state index contributed by atoms with van der Waals surface area (Å²) in [6.07, 6.45) is 1.58. The fraction of sp³-hybridized carbons (Fsp3) is 0.316. The number of pyridine rings is 1. The molecule has 0 aliphatic carbocycles. The minimum Gasteiger partial charge on any atom is -0.482 e. The molecule has 0 unspecified atom stereocenters. The third-order valence-corrected chi connectivity index (χ3v) is 3.70. The molecule has 0 radical (unpaired) electrons. The highest BCUT2D eigenvalue weighted by atomic mass is 16.5. The van der Waals surface area contributed by atoms with Gasteiger partial charge in [-0.2, -0.15) is 0 Å². The van der Waals surface area contributed by atoms with Crippen molar-refractivity contribution >= 4 is 17.5 Å². The van der Waals surface area contributed by atoms with E-state index in [4.69, 9.17) is 4.74 Å². The highest BCUT2D eigenvalue weighted by Crippen LogP contribution is 2.13. The number of carbonyl (C=O) groups is 2. The van der Waals surface area contributed by atoms with Crippen LogP contribution in [0.2, 0.25) is 0 Å². The van der Waals surface area contributed by atoms with Crippen molar-refractivity contribution in [2.45, 2.75) is 20.8 Å². The molecule has 0 bridgehead atoms. The van der Waals surface area contributed by atoms with E-state index in [0.29, 0.717) is 30.1 Å². The normalized spacial score (nSPS) is 10.2.